The van der Waals surface area contributed by atoms with E-state index in [0.717, 1.165) is 18.5 Å². The van der Waals surface area contributed by atoms with Gasteiger partial charge in [0.2, 0.25) is 0 Å². The minimum atomic E-state index is 0.591. The minimum absolute atomic E-state index is 0.591. The first-order valence-electron chi connectivity index (χ1n) is 6.62. The van der Waals surface area contributed by atoms with Crippen LogP contribution in [0.2, 0.25) is 0 Å². The third-order valence-electron chi connectivity index (χ3n) is 4.07. The van der Waals surface area contributed by atoms with Gasteiger partial charge in [0.25, 0.3) is 0 Å². The molecule has 1 fully saturated rings. The second kappa shape index (κ2) is 6.49. The fourth-order valence-electron chi connectivity index (χ4n) is 3.03. The van der Waals surface area contributed by atoms with Crippen LogP contribution in [0.1, 0.15) is 52.4 Å². The summed E-state index contributed by atoms with van der Waals surface area (Å²) in [5.41, 5.74) is 5.93. The first-order valence-corrected chi connectivity index (χ1v) is 6.62. The smallest absolute Gasteiger partial charge is 0.0243 e. The maximum absolute atomic E-state index is 5.93. The lowest BCUT2D eigenvalue weighted by Crippen LogP contribution is -2.46. The van der Waals surface area contributed by atoms with Gasteiger partial charge in [-0.25, -0.2) is 0 Å². The third kappa shape index (κ3) is 3.46. The molecule has 2 nitrogen and oxygen atoms in total. The Balaban J connectivity index is 2.48. The second-order valence-corrected chi connectivity index (χ2v) is 5.17. The van der Waals surface area contributed by atoms with E-state index in [9.17, 15) is 0 Å². The Kier molecular flexibility index (Phi) is 5.62. The van der Waals surface area contributed by atoms with E-state index in [2.05, 4.69) is 25.8 Å². The van der Waals surface area contributed by atoms with Crippen LogP contribution in [0.15, 0.2) is 0 Å². The van der Waals surface area contributed by atoms with Crippen molar-refractivity contribution in [3.8, 4) is 0 Å². The molecule has 0 amide bonds. The van der Waals surface area contributed by atoms with Gasteiger partial charge >= 0.3 is 0 Å². The second-order valence-electron chi connectivity index (χ2n) is 5.17. The minimum Gasteiger partial charge on any atom is -0.329 e. The molecule has 0 bridgehead atoms. The van der Waals surface area contributed by atoms with E-state index < -0.39 is 0 Å². The Morgan fingerprint density at radius 2 is 1.93 bits per heavy atom. The van der Waals surface area contributed by atoms with Gasteiger partial charge in [0.05, 0.1) is 0 Å². The van der Waals surface area contributed by atoms with Crippen molar-refractivity contribution >= 4 is 0 Å². The van der Waals surface area contributed by atoms with Crippen LogP contribution in [0, 0.1) is 5.92 Å². The first kappa shape index (κ1) is 13.0. The molecule has 2 unspecified atom stereocenters. The van der Waals surface area contributed by atoms with E-state index >= 15 is 0 Å². The van der Waals surface area contributed by atoms with E-state index in [-0.39, 0.29) is 0 Å². The lowest BCUT2D eigenvalue weighted by molar-refractivity contribution is 0.131. The van der Waals surface area contributed by atoms with Crippen LogP contribution in [0.5, 0.6) is 0 Å². The van der Waals surface area contributed by atoms with Crippen molar-refractivity contribution in [1.82, 2.24) is 4.90 Å². The molecule has 0 aromatic carbocycles. The predicted molar refractivity (Wildman–Crippen MR) is 66.9 cm³/mol. The van der Waals surface area contributed by atoms with Gasteiger partial charge in [-0.1, -0.05) is 33.1 Å². The van der Waals surface area contributed by atoms with Gasteiger partial charge in [-0.2, -0.15) is 0 Å². The van der Waals surface area contributed by atoms with Crippen LogP contribution in [0.25, 0.3) is 0 Å². The Hall–Kier alpha value is -0.0800. The molecule has 2 heteroatoms. The fourth-order valence-corrected chi connectivity index (χ4v) is 3.03. The first-order chi connectivity index (χ1) is 7.20. The van der Waals surface area contributed by atoms with Crippen molar-refractivity contribution in [2.24, 2.45) is 11.7 Å². The van der Waals surface area contributed by atoms with E-state index in [1.807, 2.05) is 0 Å². The van der Waals surface area contributed by atoms with Crippen LogP contribution >= 0.6 is 0 Å². The highest BCUT2D eigenvalue weighted by Crippen LogP contribution is 2.26. The monoisotopic (exact) mass is 212 g/mol. The lowest BCUT2D eigenvalue weighted by atomic mass is 9.94. The summed E-state index contributed by atoms with van der Waals surface area (Å²) < 4.78 is 0. The van der Waals surface area contributed by atoms with Crippen molar-refractivity contribution in [3.63, 3.8) is 0 Å². The summed E-state index contributed by atoms with van der Waals surface area (Å²) in [5, 5.41) is 0. The van der Waals surface area contributed by atoms with Gasteiger partial charge in [0.1, 0.15) is 0 Å². The average Bonchev–Trinajstić information content (AvgIpc) is 2.71. The van der Waals surface area contributed by atoms with Gasteiger partial charge in [-0.05, 0) is 32.2 Å². The summed E-state index contributed by atoms with van der Waals surface area (Å²) in [5.74, 6) is 0.741. The van der Waals surface area contributed by atoms with Crippen molar-refractivity contribution in [2.45, 2.75) is 64.5 Å². The standard InChI is InChI=1S/C13H28N2/c1-4-7-11(2)13(10-14)15(3)12-8-5-6-9-12/h11-13H,4-10,14H2,1-3H3. The van der Waals surface area contributed by atoms with Gasteiger partial charge in [-0.3, -0.25) is 4.90 Å². The van der Waals surface area contributed by atoms with Gasteiger partial charge in [0, 0.05) is 18.6 Å². The Morgan fingerprint density at radius 1 is 1.33 bits per heavy atom. The van der Waals surface area contributed by atoms with Gasteiger partial charge < -0.3 is 5.73 Å². The molecule has 0 radical (unpaired) electrons. The zero-order chi connectivity index (χ0) is 11.3. The fraction of sp³-hybridized carbons (Fsp3) is 1.00. The number of likely N-dealkylation sites (N-methyl/N-ethyl adjacent to an activating group) is 1. The van der Waals surface area contributed by atoms with Crippen LogP contribution in [-0.4, -0.2) is 30.6 Å². The SMILES string of the molecule is CCCC(C)C(CN)N(C)C1CCCC1. The maximum atomic E-state index is 5.93. The number of hydrogen-bond acceptors (Lipinski definition) is 2. The molecule has 0 saturated heterocycles. The molecule has 1 aliphatic rings. The van der Waals surface area contributed by atoms with Crippen molar-refractivity contribution in [2.75, 3.05) is 13.6 Å². The molecule has 0 aromatic heterocycles. The quantitative estimate of drug-likeness (QED) is 0.733. The Bertz CT molecular complexity index is 164. The lowest BCUT2D eigenvalue weighted by Gasteiger charge is -2.36. The highest BCUT2D eigenvalue weighted by atomic mass is 15.2. The molecule has 1 saturated carbocycles. The summed E-state index contributed by atoms with van der Waals surface area (Å²) in [6.07, 6.45) is 8.16. The van der Waals surface area contributed by atoms with E-state index in [1.165, 1.54) is 38.5 Å². The van der Waals surface area contributed by atoms with Crippen molar-refractivity contribution < 1.29 is 0 Å². The molecule has 0 aliphatic heterocycles. The molecule has 1 aliphatic carbocycles. The molecule has 90 valence electrons. The Morgan fingerprint density at radius 3 is 2.40 bits per heavy atom. The van der Waals surface area contributed by atoms with Crippen LogP contribution in [0.4, 0.5) is 0 Å². The summed E-state index contributed by atoms with van der Waals surface area (Å²) in [6.45, 7) is 5.43. The largest absolute Gasteiger partial charge is 0.329 e. The number of rotatable bonds is 6. The van der Waals surface area contributed by atoms with Crippen molar-refractivity contribution in [1.29, 1.82) is 0 Å². The number of hydrogen-bond donors (Lipinski definition) is 1. The molecule has 15 heavy (non-hydrogen) atoms. The molecule has 2 N–H and O–H groups in total. The zero-order valence-corrected chi connectivity index (χ0v) is 10.7. The maximum Gasteiger partial charge on any atom is 0.0243 e. The van der Waals surface area contributed by atoms with Crippen molar-refractivity contribution in [3.05, 3.63) is 0 Å². The third-order valence-corrected chi connectivity index (χ3v) is 4.07. The normalized spacial score (nSPS) is 22.2. The highest BCUT2D eigenvalue weighted by Gasteiger charge is 2.27. The molecule has 0 aromatic rings. The number of nitrogens with zero attached hydrogens (tertiary/aromatic N) is 1. The average molecular weight is 212 g/mol. The summed E-state index contributed by atoms with van der Waals surface area (Å²) in [4.78, 5) is 2.56. The van der Waals surface area contributed by atoms with Crippen LogP contribution < -0.4 is 5.73 Å². The Labute approximate surface area is 95.2 Å². The van der Waals surface area contributed by atoms with E-state index in [0.29, 0.717) is 6.04 Å². The van der Waals surface area contributed by atoms with Crippen LogP contribution in [0.3, 0.4) is 0 Å². The van der Waals surface area contributed by atoms with Crippen LogP contribution in [-0.2, 0) is 0 Å². The summed E-state index contributed by atoms with van der Waals surface area (Å²) in [6, 6.07) is 1.39. The van der Waals surface area contributed by atoms with E-state index in [4.69, 9.17) is 5.73 Å². The van der Waals surface area contributed by atoms with Gasteiger partial charge in [0.15, 0.2) is 0 Å². The molecular formula is C13H28N2. The molecular weight excluding hydrogens is 184 g/mol. The molecule has 1 rings (SSSR count). The van der Waals surface area contributed by atoms with Gasteiger partial charge in [-0.15, -0.1) is 0 Å². The molecule has 0 spiro atoms. The summed E-state index contributed by atoms with van der Waals surface area (Å²) >= 11 is 0. The van der Waals surface area contributed by atoms with E-state index in [1.54, 1.807) is 0 Å². The molecule has 2 atom stereocenters. The summed E-state index contributed by atoms with van der Waals surface area (Å²) in [7, 11) is 2.28. The molecule has 0 heterocycles. The predicted octanol–water partition coefficient (Wildman–Crippen LogP) is 2.62. The number of nitrogens with two attached hydrogens (primary N) is 1. The zero-order valence-electron chi connectivity index (χ0n) is 10.7. The highest BCUT2D eigenvalue weighted by molar-refractivity contribution is 4.83. The topological polar surface area (TPSA) is 29.3 Å².